The Balaban J connectivity index is 2.67. The van der Waals surface area contributed by atoms with Crippen LogP contribution < -0.4 is 0 Å². The molecule has 0 aromatic carbocycles. The van der Waals surface area contributed by atoms with Gasteiger partial charge in [-0.25, -0.2) is 4.79 Å². The van der Waals surface area contributed by atoms with E-state index in [0.717, 1.165) is 24.0 Å². The van der Waals surface area contributed by atoms with Crippen LogP contribution in [0.25, 0.3) is 0 Å². The van der Waals surface area contributed by atoms with Gasteiger partial charge in [0, 0.05) is 5.57 Å². The fourth-order valence-corrected chi connectivity index (χ4v) is 1.91. The fraction of sp³-hybridized carbons (Fsp3) is 0.769. The lowest BCUT2D eigenvalue weighted by molar-refractivity contribution is -0.151. The van der Waals surface area contributed by atoms with Gasteiger partial charge < -0.3 is 4.74 Å². The van der Waals surface area contributed by atoms with Gasteiger partial charge in [0.2, 0.25) is 0 Å². The number of rotatable bonds is 2. The van der Waals surface area contributed by atoms with Crippen LogP contribution >= 0.6 is 0 Å². The fourth-order valence-electron chi connectivity index (χ4n) is 1.91. The molecule has 2 atom stereocenters. The number of carbonyl (C=O) groups is 1. The first-order chi connectivity index (χ1) is 6.93. The standard InChI is InChI=1S/C13H22O2/c1-8(2)10(5)12-7-6-11(9(3)4)13(14)15-12/h8,10,12H,6-7H2,1-5H3. The number of cyclic esters (lactones) is 1. The van der Waals surface area contributed by atoms with Crippen molar-refractivity contribution in [1.29, 1.82) is 0 Å². The Labute approximate surface area is 92.7 Å². The summed E-state index contributed by atoms with van der Waals surface area (Å²) >= 11 is 0. The number of hydrogen-bond donors (Lipinski definition) is 0. The number of carbonyl (C=O) groups excluding carboxylic acids is 1. The van der Waals surface area contributed by atoms with Crippen molar-refractivity contribution >= 4 is 5.97 Å². The van der Waals surface area contributed by atoms with E-state index in [9.17, 15) is 4.79 Å². The Bertz CT molecular complexity index is 272. The molecule has 1 aliphatic heterocycles. The number of esters is 1. The molecule has 1 saturated heterocycles. The van der Waals surface area contributed by atoms with Crippen molar-refractivity contribution in [2.75, 3.05) is 0 Å². The van der Waals surface area contributed by atoms with Crippen LogP contribution in [-0.4, -0.2) is 12.1 Å². The van der Waals surface area contributed by atoms with Gasteiger partial charge in [-0.3, -0.25) is 0 Å². The van der Waals surface area contributed by atoms with Crippen molar-refractivity contribution in [3.63, 3.8) is 0 Å². The lowest BCUT2D eigenvalue weighted by atomic mass is 9.86. The van der Waals surface area contributed by atoms with Crippen LogP contribution in [0.1, 0.15) is 47.5 Å². The summed E-state index contributed by atoms with van der Waals surface area (Å²) in [5.41, 5.74) is 1.97. The first-order valence-corrected chi connectivity index (χ1v) is 5.80. The van der Waals surface area contributed by atoms with Gasteiger partial charge in [0.25, 0.3) is 0 Å². The molecule has 2 nitrogen and oxygen atoms in total. The minimum atomic E-state index is -0.0984. The van der Waals surface area contributed by atoms with Crippen LogP contribution in [0.3, 0.4) is 0 Å². The lowest BCUT2D eigenvalue weighted by Gasteiger charge is -2.31. The second-order valence-corrected chi connectivity index (χ2v) is 5.06. The lowest BCUT2D eigenvalue weighted by Crippen LogP contribution is -2.33. The summed E-state index contributed by atoms with van der Waals surface area (Å²) in [6.45, 7) is 10.5. The summed E-state index contributed by atoms with van der Waals surface area (Å²) in [5, 5.41) is 0. The van der Waals surface area contributed by atoms with Crippen molar-refractivity contribution in [2.24, 2.45) is 11.8 Å². The Morgan fingerprint density at radius 1 is 1.33 bits per heavy atom. The molecule has 0 spiro atoms. The van der Waals surface area contributed by atoms with E-state index in [1.165, 1.54) is 0 Å². The zero-order valence-corrected chi connectivity index (χ0v) is 10.5. The van der Waals surface area contributed by atoms with E-state index in [1.807, 2.05) is 13.8 Å². The van der Waals surface area contributed by atoms with Crippen LogP contribution in [0, 0.1) is 11.8 Å². The van der Waals surface area contributed by atoms with Gasteiger partial charge in [0.15, 0.2) is 0 Å². The largest absolute Gasteiger partial charge is 0.459 e. The molecule has 0 amide bonds. The SMILES string of the molecule is CC(C)=C1CCC(C(C)C(C)C)OC1=O. The summed E-state index contributed by atoms with van der Waals surface area (Å²) in [6.07, 6.45) is 1.97. The monoisotopic (exact) mass is 210 g/mol. The summed E-state index contributed by atoms with van der Waals surface area (Å²) in [6, 6.07) is 0. The average molecular weight is 210 g/mol. The molecule has 2 unspecified atom stereocenters. The molecule has 0 aromatic rings. The van der Waals surface area contributed by atoms with Gasteiger partial charge in [0.05, 0.1) is 0 Å². The summed E-state index contributed by atoms with van der Waals surface area (Å²) in [7, 11) is 0. The van der Waals surface area contributed by atoms with Crippen LogP contribution in [0.2, 0.25) is 0 Å². The Kier molecular flexibility index (Phi) is 3.95. The molecule has 86 valence electrons. The molecular weight excluding hydrogens is 188 g/mol. The first-order valence-electron chi connectivity index (χ1n) is 5.80. The van der Waals surface area contributed by atoms with Gasteiger partial charge in [-0.15, -0.1) is 0 Å². The van der Waals surface area contributed by atoms with E-state index in [1.54, 1.807) is 0 Å². The van der Waals surface area contributed by atoms with Gasteiger partial charge in [-0.2, -0.15) is 0 Å². The molecular formula is C13H22O2. The molecule has 1 aliphatic rings. The van der Waals surface area contributed by atoms with Gasteiger partial charge in [-0.05, 0) is 38.5 Å². The highest BCUT2D eigenvalue weighted by Gasteiger charge is 2.30. The highest BCUT2D eigenvalue weighted by Crippen LogP contribution is 2.29. The molecule has 1 fully saturated rings. The molecule has 0 bridgehead atoms. The molecule has 0 aromatic heterocycles. The van der Waals surface area contributed by atoms with Crippen LogP contribution in [-0.2, 0) is 9.53 Å². The quantitative estimate of drug-likeness (QED) is 0.516. The topological polar surface area (TPSA) is 26.3 Å². The minimum absolute atomic E-state index is 0.0984. The van der Waals surface area contributed by atoms with Crippen molar-refractivity contribution in [1.82, 2.24) is 0 Å². The minimum Gasteiger partial charge on any atom is -0.459 e. The van der Waals surface area contributed by atoms with Gasteiger partial charge in [0.1, 0.15) is 6.10 Å². The maximum Gasteiger partial charge on any atom is 0.334 e. The van der Waals surface area contributed by atoms with Gasteiger partial charge in [-0.1, -0.05) is 26.3 Å². The third-order valence-corrected chi connectivity index (χ3v) is 3.43. The highest BCUT2D eigenvalue weighted by atomic mass is 16.5. The number of hydrogen-bond acceptors (Lipinski definition) is 2. The number of allylic oxidation sites excluding steroid dienone is 1. The second kappa shape index (κ2) is 4.82. The van der Waals surface area contributed by atoms with Crippen LogP contribution in [0.5, 0.6) is 0 Å². The molecule has 1 rings (SSSR count). The second-order valence-electron chi connectivity index (χ2n) is 5.06. The zero-order valence-electron chi connectivity index (χ0n) is 10.5. The highest BCUT2D eigenvalue weighted by molar-refractivity contribution is 5.90. The molecule has 0 aliphatic carbocycles. The van der Waals surface area contributed by atoms with Crippen molar-refractivity contribution < 1.29 is 9.53 Å². The van der Waals surface area contributed by atoms with Crippen molar-refractivity contribution in [3.05, 3.63) is 11.1 Å². The van der Waals surface area contributed by atoms with Gasteiger partial charge >= 0.3 is 5.97 Å². The zero-order chi connectivity index (χ0) is 11.6. The van der Waals surface area contributed by atoms with E-state index < -0.39 is 0 Å². The maximum absolute atomic E-state index is 11.7. The molecule has 0 saturated carbocycles. The smallest absolute Gasteiger partial charge is 0.334 e. The first kappa shape index (κ1) is 12.3. The normalized spacial score (nSPS) is 24.0. The maximum atomic E-state index is 11.7. The van der Waals surface area contributed by atoms with E-state index in [-0.39, 0.29) is 12.1 Å². The summed E-state index contributed by atoms with van der Waals surface area (Å²) in [4.78, 5) is 11.7. The van der Waals surface area contributed by atoms with E-state index in [0.29, 0.717) is 11.8 Å². The van der Waals surface area contributed by atoms with E-state index in [2.05, 4.69) is 20.8 Å². The molecule has 1 heterocycles. The van der Waals surface area contributed by atoms with Crippen molar-refractivity contribution in [3.8, 4) is 0 Å². The molecule has 0 N–H and O–H groups in total. The molecule has 2 heteroatoms. The van der Waals surface area contributed by atoms with E-state index in [4.69, 9.17) is 4.74 Å². The third-order valence-electron chi connectivity index (χ3n) is 3.43. The number of ether oxygens (including phenoxy) is 1. The Morgan fingerprint density at radius 2 is 1.93 bits per heavy atom. The van der Waals surface area contributed by atoms with Crippen LogP contribution in [0.4, 0.5) is 0 Å². The predicted octanol–water partition coefficient (Wildman–Crippen LogP) is 3.32. The third kappa shape index (κ3) is 2.83. The average Bonchev–Trinajstić information content (AvgIpc) is 2.15. The Hall–Kier alpha value is -0.790. The van der Waals surface area contributed by atoms with E-state index >= 15 is 0 Å². The predicted molar refractivity (Wildman–Crippen MR) is 61.5 cm³/mol. The molecule has 15 heavy (non-hydrogen) atoms. The summed E-state index contributed by atoms with van der Waals surface area (Å²) in [5.74, 6) is 0.919. The van der Waals surface area contributed by atoms with Crippen LogP contribution in [0.15, 0.2) is 11.1 Å². The Morgan fingerprint density at radius 3 is 2.33 bits per heavy atom. The summed E-state index contributed by atoms with van der Waals surface area (Å²) < 4.78 is 5.49. The molecule has 0 radical (unpaired) electrons. The van der Waals surface area contributed by atoms with Crippen molar-refractivity contribution in [2.45, 2.75) is 53.6 Å².